The van der Waals surface area contributed by atoms with Gasteiger partial charge in [-0.3, -0.25) is 14.4 Å². The second-order valence-electron chi connectivity index (χ2n) is 20.6. The Hall–Kier alpha value is -3.15. The zero-order valence-corrected chi connectivity index (χ0v) is 47.7. The van der Waals surface area contributed by atoms with Crippen molar-refractivity contribution in [1.29, 1.82) is 0 Å². The SMILES string of the molecule is CC/C=C\C/C=C\C/C=C\C/C=C\C/C=C\CCCCCC(=O)OC(COC(=O)CCCCCCCCCCCC)COC(=O)CCCCCCCCCCCCCCC/C=C\CCCCCCCCCC. The number of ether oxygens (including phenoxy) is 3. The van der Waals surface area contributed by atoms with Crippen LogP contribution in [0.4, 0.5) is 0 Å². The molecule has 0 heterocycles. The van der Waals surface area contributed by atoms with Crippen LogP contribution in [0.2, 0.25) is 0 Å². The second kappa shape index (κ2) is 60.4. The monoisotopic (exact) mass is 1000 g/mol. The predicted octanol–water partition coefficient (Wildman–Crippen LogP) is 20.9. The average Bonchev–Trinajstić information content (AvgIpc) is 3.38. The van der Waals surface area contributed by atoms with Gasteiger partial charge in [0.15, 0.2) is 6.10 Å². The topological polar surface area (TPSA) is 78.9 Å². The van der Waals surface area contributed by atoms with E-state index < -0.39 is 6.10 Å². The number of hydrogen-bond acceptors (Lipinski definition) is 6. The Kier molecular flexibility index (Phi) is 57.8. The summed E-state index contributed by atoms with van der Waals surface area (Å²) in [5, 5.41) is 0. The number of esters is 3. The summed E-state index contributed by atoms with van der Waals surface area (Å²) in [5.74, 6) is -0.909. The summed E-state index contributed by atoms with van der Waals surface area (Å²) in [6, 6.07) is 0. The quantitative estimate of drug-likeness (QED) is 0.0261. The molecule has 0 aliphatic rings. The van der Waals surface area contributed by atoms with Crippen LogP contribution in [0.5, 0.6) is 0 Å². The summed E-state index contributed by atoms with van der Waals surface area (Å²) in [7, 11) is 0. The molecule has 1 atom stereocenters. The van der Waals surface area contributed by atoms with Gasteiger partial charge < -0.3 is 14.2 Å². The minimum absolute atomic E-state index is 0.0863. The van der Waals surface area contributed by atoms with Gasteiger partial charge in [0.05, 0.1) is 0 Å². The largest absolute Gasteiger partial charge is 0.462 e. The lowest BCUT2D eigenvalue weighted by Crippen LogP contribution is -2.30. The third kappa shape index (κ3) is 57.7. The molecule has 0 amide bonds. The zero-order chi connectivity index (χ0) is 52.2. The molecule has 0 spiro atoms. The van der Waals surface area contributed by atoms with Gasteiger partial charge >= 0.3 is 17.9 Å². The van der Waals surface area contributed by atoms with E-state index in [0.717, 1.165) is 96.3 Å². The van der Waals surface area contributed by atoms with Crippen LogP contribution in [-0.4, -0.2) is 37.2 Å². The Morgan fingerprint density at radius 1 is 0.292 bits per heavy atom. The Balaban J connectivity index is 4.27. The van der Waals surface area contributed by atoms with E-state index in [9.17, 15) is 14.4 Å². The Morgan fingerprint density at radius 2 is 0.542 bits per heavy atom. The van der Waals surface area contributed by atoms with Crippen molar-refractivity contribution in [2.24, 2.45) is 0 Å². The van der Waals surface area contributed by atoms with Crippen LogP contribution in [0, 0.1) is 0 Å². The normalized spacial score (nSPS) is 12.5. The Bertz CT molecular complexity index is 1340. The highest BCUT2D eigenvalue weighted by molar-refractivity contribution is 5.71. The zero-order valence-electron chi connectivity index (χ0n) is 47.7. The average molecular weight is 1010 g/mol. The van der Waals surface area contributed by atoms with Crippen molar-refractivity contribution in [1.82, 2.24) is 0 Å². The second-order valence-corrected chi connectivity index (χ2v) is 20.6. The summed E-state index contributed by atoms with van der Waals surface area (Å²) in [6.45, 7) is 6.52. The van der Waals surface area contributed by atoms with Gasteiger partial charge in [-0.05, 0) is 89.9 Å². The predicted molar refractivity (Wildman–Crippen MR) is 311 cm³/mol. The van der Waals surface area contributed by atoms with E-state index in [0.29, 0.717) is 19.3 Å². The van der Waals surface area contributed by atoms with Crippen LogP contribution >= 0.6 is 0 Å². The van der Waals surface area contributed by atoms with E-state index in [2.05, 4.69) is 93.7 Å². The van der Waals surface area contributed by atoms with E-state index in [-0.39, 0.29) is 31.1 Å². The Labute approximate surface area is 446 Å². The first-order valence-corrected chi connectivity index (χ1v) is 30.9. The lowest BCUT2D eigenvalue weighted by Gasteiger charge is -2.18. The Morgan fingerprint density at radius 3 is 0.875 bits per heavy atom. The summed E-state index contributed by atoms with van der Waals surface area (Å²) < 4.78 is 16.8. The molecule has 6 nitrogen and oxygen atoms in total. The van der Waals surface area contributed by atoms with Crippen LogP contribution in [-0.2, 0) is 28.6 Å². The van der Waals surface area contributed by atoms with E-state index in [1.54, 1.807) is 0 Å². The van der Waals surface area contributed by atoms with Crippen LogP contribution < -0.4 is 0 Å². The molecule has 0 saturated heterocycles. The smallest absolute Gasteiger partial charge is 0.306 e. The first kappa shape index (κ1) is 68.8. The number of carbonyl (C=O) groups excluding carboxylic acids is 3. The molecule has 0 N–H and O–H groups in total. The lowest BCUT2D eigenvalue weighted by molar-refractivity contribution is -0.167. The lowest BCUT2D eigenvalue weighted by atomic mass is 10.0. The summed E-state index contributed by atoms with van der Waals surface area (Å²) in [4.78, 5) is 38.2. The molecule has 0 saturated carbocycles. The molecule has 0 fully saturated rings. The van der Waals surface area contributed by atoms with E-state index in [4.69, 9.17) is 14.2 Å². The fourth-order valence-corrected chi connectivity index (χ4v) is 8.82. The van der Waals surface area contributed by atoms with E-state index in [1.165, 1.54) is 173 Å². The first-order valence-electron chi connectivity index (χ1n) is 30.9. The minimum atomic E-state index is -0.791. The molecule has 0 aromatic carbocycles. The van der Waals surface area contributed by atoms with Crippen LogP contribution in [0.25, 0.3) is 0 Å². The van der Waals surface area contributed by atoms with Crippen molar-refractivity contribution >= 4 is 17.9 Å². The molecule has 0 aromatic heterocycles. The van der Waals surface area contributed by atoms with Gasteiger partial charge in [0.2, 0.25) is 0 Å². The molecule has 6 heteroatoms. The number of carbonyl (C=O) groups is 3. The van der Waals surface area contributed by atoms with Crippen molar-refractivity contribution < 1.29 is 28.6 Å². The van der Waals surface area contributed by atoms with Crippen molar-refractivity contribution in [3.8, 4) is 0 Å². The molecule has 0 radical (unpaired) electrons. The van der Waals surface area contributed by atoms with Crippen LogP contribution in [0.15, 0.2) is 72.9 Å². The third-order valence-electron chi connectivity index (χ3n) is 13.4. The van der Waals surface area contributed by atoms with E-state index in [1.807, 2.05) is 0 Å². The van der Waals surface area contributed by atoms with Gasteiger partial charge in [0, 0.05) is 19.3 Å². The van der Waals surface area contributed by atoms with Gasteiger partial charge in [-0.2, -0.15) is 0 Å². The van der Waals surface area contributed by atoms with Gasteiger partial charge in [0.1, 0.15) is 13.2 Å². The molecule has 0 aliphatic heterocycles. The highest BCUT2D eigenvalue weighted by Crippen LogP contribution is 2.16. The fourth-order valence-electron chi connectivity index (χ4n) is 8.82. The molecule has 72 heavy (non-hydrogen) atoms. The van der Waals surface area contributed by atoms with Gasteiger partial charge in [0.25, 0.3) is 0 Å². The molecule has 0 bridgehead atoms. The number of unbranched alkanes of at least 4 members (excludes halogenated alkanes) is 33. The maximum absolute atomic E-state index is 12.9. The molecule has 0 aromatic rings. The van der Waals surface area contributed by atoms with Crippen molar-refractivity contribution in [3.05, 3.63) is 72.9 Å². The van der Waals surface area contributed by atoms with Crippen molar-refractivity contribution in [2.45, 2.75) is 316 Å². The van der Waals surface area contributed by atoms with Gasteiger partial charge in [-0.15, -0.1) is 0 Å². The van der Waals surface area contributed by atoms with Gasteiger partial charge in [-0.1, -0.05) is 273 Å². The maximum Gasteiger partial charge on any atom is 0.306 e. The van der Waals surface area contributed by atoms with Crippen LogP contribution in [0.1, 0.15) is 310 Å². The minimum Gasteiger partial charge on any atom is -0.462 e. The summed E-state index contributed by atoms with van der Waals surface area (Å²) in [5.41, 5.74) is 0. The van der Waals surface area contributed by atoms with E-state index >= 15 is 0 Å². The third-order valence-corrected chi connectivity index (χ3v) is 13.4. The molecular formula is C66H116O6. The van der Waals surface area contributed by atoms with Crippen LogP contribution in [0.3, 0.4) is 0 Å². The highest BCUT2D eigenvalue weighted by atomic mass is 16.6. The van der Waals surface area contributed by atoms with Gasteiger partial charge in [-0.25, -0.2) is 0 Å². The molecule has 416 valence electrons. The molecule has 0 aliphatic carbocycles. The molecule has 1 unspecified atom stereocenters. The first-order chi connectivity index (χ1) is 35.5. The summed E-state index contributed by atoms with van der Waals surface area (Å²) in [6.07, 6.45) is 77.7. The number of allylic oxidation sites excluding steroid dienone is 12. The number of rotatable bonds is 56. The number of hydrogen-bond donors (Lipinski definition) is 0. The molecular weight excluding hydrogens is 889 g/mol. The van der Waals surface area contributed by atoms with Crippen molar-refractivity contribution in [2.75, 3.05) is 13.2 Å². The summed E-state index contributed by atoms with van der Waals surface area (Å²) >= 11 is 0. The fraction of sp³-hybridized carbons (Fsp3) is 0.773. The molecule has 0 rings (SSSR count). The maximum atomic E-state index is 12.9. The standard InChI is InChI=1S/C66H116O6/c1-4-7-10-13-16-19-22-24-26-28-30-31-32-33-34-35-37-38-40-42-44-47-50-53-56-59-65(68)71-62-63(61-70-64(67)58-55-52-49-46-21-18-15-12-9-6-3)72-66(69)60-57-54-51-48-45-43-41-39-36-29-27-25-23-20-17-14-11-8-5-2/h8,11,17,20,25,27-28,30,36,39,43,45,63H,4-7,9-10,12-16,18-19,21-24,26,29,31-35,37-38,40-42,44,46-62H2,1-3H3/b11-8-,20-17-,27-25-,30-28-,39-36-,45-43-. The highest BCUT2D eigenvalue weighted by Gasteiger charge is 2.19. The van der Waals surface area contributed by atoms with Crippen molar-refractivity contribution in [3.63, 3.8) is 0 Å².